The summed E-state index contributed by atoms with van der Waals surface area (Å²) in [6.07, 6.45) is 6.08. The number of anilines is 1. The molecule has 7 nitrogen and oxygen atoms in total. The number of para-hydroxylation sites is 1. The number of nitrogens with zero attached hydrogens (tertiary/aromatic N) is 1. The molecule has 0 unspecified atom stereocenters. The lowest BCUT2D eigenvalue weighted by molar-refractivity contribution is -0.122. The molecule has 1 aliphatic heterocycles. The Morgan fingerprint density at radius 3 is 2.32 bits per heavy atom. The molecule has 1 heterocycles. The third-order valence-corrected chi connectivity index (χ3v) is 5.54. The molecule has 1 aliphatic carbocycles. The molecule has 0 aromatic heterocycles. The Hall–Kier alpha value is -2.57. The lowest BCUT2D eigenvalue weighted by Gasteiger charge is -2.31. The molecule has 152 valence electrons. The lowest BCUT2D eigenvalue weighted by Crippen LogP contribution is -2.46. The fourth-order valence-electron chi connectivity index (χ4n) is 3.88. The van der Waals surface area contributed by atoms with Gasteiger partial charge in [-0.05, 0) is 37.8 Å². The minimum Gasteiger partial charge on any atom is -0.353 e. The number of hydrogen-bond acceptors (Lipinski definition) is 3. The first-order chi connectivity index (χ1) is 13.6. The second kappa shape index (κ2) is 10.1. The van der Waals surface area contributed by atoms with E-state index in [4.69, 9.17) is 0 Å². The Labute approximate surface area is 166 Å². The second-order valence-corrected chi connectivity index (χ2v) is 7.65. The third-order valence-electron chi connectivity index (χ3n) is 5.54. The summed E-state index contributed by atoms with van der Waals surface area (Å²) in [5.74, 6) is -0.0696. The van der Waals surface area contributed by atoms with Gasteiger partial charge in [0.05, 0.1) is 0 Å². The summed E-state index contributed by atoms with van der Waals surface area (Å²) in [5.41, 5.74) is 0.795. The summed E-state index contributed by atoms with van der Waals surface area (Å²) in [7, 11) is 0. The van der Waals surface area contributed by atoms with E-state index in [1.165, 1.54) is 12.8 Å². The van der Waals surface area contributed by atoms with Gasteiger partial charge in [-0.15, -0.1) is 0 Å². The van der Waals surface area contributed by atoms with Gasteiger partial charge >= 0.3 is 6.03 Å². The van der Waals surface area contributed by atoms with Gasteiger partial charge in [0.25, 0.3) is 0 Å². The van der Waals surface area contributed by atoms with Crippen LogP contribution in [0, 0.1) is 5.92 Å². The topological polar surface area (TPSA) is 90.5 Å². The highest BCUT2D eigenvalue weighted by molar-refractivity contribution is 5.92. The van der Waals surface area contributed by atoms with Gasteiger partial charge in [-0.1, -0.05) is 31.0 Å². The fourth-order valence-corrected chi connectivity index (χ4v) is 3.88. The highest BCUT2D eigenvalue weighted by Gasteiger charge is 2.27. The number of benzene rings is 1. The summed E-state index contributed by atoms with van der Waals surface area (Å²) < 4.78 is 0. The molecular weight excluding hydrogens is 356 g/mol. The van der Waals surface area contributed by atoms with Crippen LogP contribution in [0.4, 0.5) is 10.5 Å². The van der Waals surface area contributed by atoms with Crippen molar-refractivity contribution < 1.29 is 14.4 Å². The number of rotatable bonds is 6. The third kappa shape index (κ3) is 5.97. The number of nitrogens with one attached hydrogen (secondary N) is 3. The number of urea groups is 1. The monoisotopic (exact) mass is 386 g/mol. The molecule has 28 heavy (non-hydrogen) atoms. The van der Waals surface area contributed by atoms with Crippen molar-refractivity contribution in [2.45, 2.75) is 51.0 Å². The second-order valence-electron chi connectivity index (χ2n) is 7.65. The maximum Gasteiger partial charge on any atom is 0.317 e. The molecule has 3 rings (SSSR count). The molecule has 0 radical (unpaired) electrons. The van der Waals surface area contributed by atoms with Crippen LogP contribution >= 0.6 is 0 Å². The quantitative estimate of drug-likeness (QED) is 0.702. The van der Waals surface area contributed by atoms with E-state index in [0.717, 1.165) is 18.5 Å². The molecule has 2 aliphatic rings. The van der Waals surface area contributed by atoms with E-state index in [2.05, 4.69) is 16.0 Å². The molecule has 2 fully saturated rings. The van der Waals surface area contributed by atoms with Crippen molar-refractivity contribution in [1.82, 2.24) is 15.5 Å². The summed E-state index contributed by atoms with van der Waals surface area (Å²) >= 11 is 0. The standard InChI is InChI=1S/C21H30N4O3/c26-19(23-17-8-4-5-9-17)10-13-22-21(28)25-14-11-16(12-15-25)20(27)24-18-6-2-1-3-7-18/h1-3,6-7,16-17H,4-5,8-15H2,(H,22,28)(H,23,26)(H,24,27). The molecule has 1 saturated heterocycles. The summed E-state index contributed by atoms with van der Waals surface area (Å²) in [6.45, 7) is 1.44. The van der Waals surface area contributed by atoms with E-state index >= 15 is 0 Å². The maximum absolute atomic E-state index is 12.4. The van der Waals surface area contributed by atoms with Crippen LogP contribution in [-0.4, -0.2) is 48.4 Å². The first-order valence-electron chi connectivity index (χ1n) is 10.3. The molecule has 1 saturated carbocycles. The first-order valence-corrected chi connectivity index (χ1v) is 10.3. The fraction of sp³-hybridized carbons (Fsp3) is 0.571. The Morgan fingerprint density at radius 2 is 1.64 bits per heavy atom. The van der Waals surface area contributed by atoms with Crippen LogP contribution in [0.1, 0.15) is 44.9 Å². The molecule has 1 aromatic rings. The van der Waals surface area contributed by atoms with Gasteiger partial charge in [0, 0.05) is 43.7 Å². The van der Waals surface area contributed by atoms with E-state index in [0.29, 0.717) is 44.9 Å². The summed E-state index contributed by atoms with van der Waals surface area (Å²) in [5, 5.41) is 8.77. The van der Waals surface area contributed by atoms with Crippen LogP contribution in [0.5, 0.6) is 0 Å². The van der Waals surface area contributed by atoms with Crippen molar-refractivity contribution in [3.05, 3.63) is 30.3 Å². The van der Waals surface area contributed by atoms with Crippen LogP contribution in [0.2, 0.25) is 0 Å². The molecular formula is C21H30N4O3. The van der Waals surface area contributed by atoms with Gasteiger partial charge in [-0.2, -0.15) is 0 Å². The van der Waals surface area contributed by atoms with Crippen molar-refractivity contribution in [3.8, 4) is 0 Å². The van der Waals surface area contributed by atoms with Gasteiger partial charge in [0.2, 0.25) is 11.8 Å². The predicted molar refractivity (Wildman–Crippen MR) is 108 cm³/mol. The zero-order chi connectivity index (χ0) is 19.8. The predicted octanol–water partition coefficient (Wildman–Crippen LogP) is 2.50. The smallest absolute Gasteiger partial charge is 0.317 e. The van der Waals surface area contributed by atoms with E-state index < -0.39 is 0 Å². The normalized spacial score (nSPS) is 17.9. The Balaban J connectivity index is 1.32. The minimum absolute atomic E-state index is 0.00323. The van der Waals surface area contributed by atoms with Crippen LogP contribution in [0.15, 0.2) is 30.3 Å². The van der Waals surface area contributed by atoms with Crippen molar-refractivity contribution in [2.24, 2.45) is 5.92 Å². The Bertz CT molecular complexity index is 665. The van der Waals surface area contributed by atoms with Crippen molar-refractivity contribution in [3.63, 3.8) is 0 Å². The maximum atomic E-state index is 12.4. The number of amides is 4. The summed E-state index contributed by atoms with van der Waals surface area (Å²) in [4.78, 5) is 38.3. The highest BCUT2D eigenvalue weighted by Crippen LogP contribution is 2.20. The zero-order valence-electron chi connectivity index (χ0n) is 16.3. The molecule has 0 atom stereocenters. The molecule has 1 aromatic carbocycles. The number of carbonyl (C=O) groups is 3. The highest BCUT2D eigenvalue weighted by atomic mass is 16.2. The number of likely N-dealkylation sites (tertiary alicyclic amines) is 1. The van der Waals surface area contributed by atoms with Crippen molar-refractivity contribution >= 4 is 23.5 Å². The molecule has 3 N–H and O–H groups in total. The number of piperidine rings is 1. The van der Waals surface area contributed by atoms with Gasteiger partial charge in [-0.25, -0.2) is 4.79 Å². The molecule has 4 amide bonds. The Kier molecular flexibility index (Phi) is 7.28. The van der Waals surface area contributed by atoms with Crippen molar-refractivity contribution in [2.75, 3.05) is 25.0 Å². The minimum atomic E-state index is -0.157. The van der Waals surface area contributed by atoms with Crippen molar-refractivity contribution in [1.29, 1.82) is 0 Å². The zero-order valence-corrected chi connectivity index (χ0v) is 16.3. The summed E-state index contributed by atoms with van der Waals surface area (Å²) in [6, 6.07) is 9.56. The number of carbonyl (C=O) groups excluding carboxylic acids is 3. The largest absolute Gasteiger partial charge is 0.353 e. The van der Waals surface area contributed by atoms with E-state index in [1.54, 1.807) is 4.90 Å². The van der Waals surface area contributed by atoms with Gasteiger partial charge in [0.1, 0.15) is 0 Å². The van der Waals surface area contributed by atoms with Gasteiger partial charge < -0.3 is 20.9 Å². The Morgan fingerprint density at radius 1 is 0.964 bits per heavy atom. The van der Waals surface area contributed by atoms with Crippen LogP contribution in [-0.2, 0) is 9.59 Å². The van der Waals surface area contributed by atoms with Crippen LogP contribution in [0.25, 0.3) is 0 Å². The van der Waals surface area contributed by atoms with Crippen LogP contribution < -0.4 is 16.0 Å². The number of hydrogen-bond donors (Lipinski definition) is 3. The van der Waals surface area contributed by atoms with Gasteiger partial charge in [0.15, 0.2) is 0 Å². The SMILES string of the molecule is O=C(CCNC(=O)N1CCC(C(=O)Nc2ccccc2)CC1)NC1CCCC1. The van der Waals surface area contributed by atoms with E-state index in [-0.39, 0.29) is 23.8 Å². The average molecular weight is 386 g/mol. The van der Waals surface area contributed by atoms with Gasteiger partial charge in [-0.3, -0.25) is 9.59 Å². The van der Waals surface area contributed by atoms with E-state index in [1.807, 2.05) is 30.3 Å². The molecule has 0 spiro atoms. The lowest BCUT2D eigenvalue weighted by atomic mass is 9.96. The van der Waals surface area contributed by atoms with E-state index in [9.17, 15) is 14.4 Å². The average Bonchev–Trinajstić information content (AvgIpc) is 3.21. The molecule has 0 bridgehead atoms. The molecule has 7 heteroatoms. The first kappa shape index (κ1) is 20.2. The van der Waals surface area contributed by atoms with Crippen LogP contribution in [0.3, 0.4) is 0 Å².